The zero-order valence-electron chi connectivity index (χ0n) is 19.5. The molecule has 0 bridgehead atoms. The lowest BCUT2D eigenvalue weighted by atomic mass is 9.74. The van der Waals surface area contributed by atoms with Crippen molar-refractivity contribution in [2.45, 2.75) is 123 Å². The largest absolute Gasteiger partial charge is 0.261 e. The van der Waals surface area contributed by atoms with E-state index in [-0.39, 0.29) is 0 Å². The van der Waals surface area contributed by atoms with Crippen LogP contribution < -0.4 is 0 Å². The Kier molecular flexibility index (Phi) is 10.0. The molecule has 2 fully saturated rings. The van der Waals surface area contributed by atoms with E-state index in [1.165, 1.54) is 120 Å². The highest BCUT2D eigenvalue weighted by Crippen LogP contribution is 2.38. The molecule has 3 rings (SSSR count). The average molecular weight is 398 g/mol. The summed E-state index contributed by atoms with van der Waals surface area (Å²) < 4.78 is 0. The molecule has 0 atom stereocenters. The smallest absolute Gasteiger partial charge is 0.0403 e. The first-order valence-corrected chi connectivity index (χ1v) is 13.2. The molecule has 2 saturated carbocycles. The lowest BCUT2D eigenvalue weighted by molar-refractivity contribution is 0.211. The van der Waals surface area contributed by atoms with Gasteiger partial charge in [0.2, 0.25) is 0 Å². The van der Waals surface area contributed by atoms with Crippen LogP contribution in [0.2, 0.25) is 0 Å². The molecule has 0 spiro atoms. The van der Waals surface area contributed by atoms with Crippen LogP contribution in [0.1, 0.15) is 121 Å². The van der Waals surface area contributed by atoms with Crippen molar-refractivity contribution in [2.75, 3.05) is 0 Å². The van der Waals surface area contributed by atoms with Crippen LogP contribution in [0.25, 0.3) is 0 Å². The Balaban J connectivity index is 1.27. The van der Waals surface area contributed by atoms with Gasteiger partial charge >= 0.3 is 0 Å². The molecule has 0 saturated heterocycles. The lowest BCUT2D eigenvalue weighted by Gasteiger charge is -2.31. The molecule has 0 aliphatic heterocycles. The Labute approximate surface area is 181 Å². The first kappa shape index (κ1) is 22.8. The minimum absolute atomic E-state index is 0.956. The van der Waals surface area contributed by atoms with Gasteiger partial charge in [0.05, 0.1) is 0 Å². The molecule has 29 heavy (non-hydrogen) atoms. The topological polar surface area (TPSA) is 12.9 Å². The molecule has 0 aromatic carbocycles. The van der Waals surface area contributed by atoms with Gasteiger partial charge in [0.15, 0.2) is 0 Å². The van der Waals surface area contributed by atoms with E-state index in [0.29, 0.717) is 0 Å². The first-order chi connectivity index (χ1) is 14.3. The van der Waals surface area contributed by atoms with Crippen LogP contribution in [0.3, 0.4) is 0 Å². The molecule has 1 nitrogen and oxygen atoms in total. The monoisotopic (exact) mass is 397 g/mol. The Hall–Kier alpha value is -0.850. The van der Waals surface area contributed by atoms with Gasteiger partial charge in [0.1, 0.15) is 0 Å². The summed E-state index contributed by atoms with van der Waals surface area (Å²) in [6.07, 6.45) is 26.3. The second-order valence-corrected chi connectivity index (χ2v) is 10.4. The molecule has 164 valence electrons. The average Bonchev–Trinajstić information content (AvgIpc) is 2.78. The summed E-state index contributed by atoms with van der Waals surface area (Å²) in [6.45, 7) is 4.65. The highest BCUT2D eigenvalue weighted by molar-refractivity contribution is 5.14. The fourth-order valence-electron chi connectivity index (χ4n) is 5.89. The molecule has 1 aromatic heterocycles. The Bertz CT molecular complexity index is 532. The van der Waals surface area contributed by atoms with E-state index in [4.69, 9.17) is 4.98 Å². The van der Waals surface area contributed by atoms with Gasteiger partial charge in [0, 0.05) is 11.9 Å². The quantitative estimate of drug-likeness (QED) is 0.341. The molecule has 1 aromatic rings. The number of nitrogens with zero attached hydrogens (tertiary/aromatic N) is 1. The van der Waals surface area contributed by atoms with E-state index < -0.39 is 0 Å². The summed E-state index contributed by atoms with van der Waals surface area (Å²) in [5.41, 5.74) is 2.74. The number of hydrogen-bond acceptors (Lipinski definition) is 1. The number of unbranched alkanes of at least 4 members (excludes halogenated alkanes) is 2. The van der Waals surface area contributed by atoms with Crippen LogP contribution >= 0.6 is 0 Å². The van der Waals surface area contributed by atoms with Crippen LogP contribution in [-0.4, -0.2) is 4.98 Å². The van der Waals surface area contributed by atoms with Gasteiger partial charge in [-0.2, -0.15) is 0 Å². The molecule has 0 N–H and O–H groups in total. The Morgan fingerprint density at radius 1 is 0.690 bits per heavy atom. The number of aromatic nitrogens is 1. The fraction of sp³-hybridized carbons (Fsp3) is 0.821. The zero-order valence-corrected chi connectivity index (χ0v) is 19.5. The van der Waals surface area contributed by atoms with E-state index in [1.54, 1.807) is 0 Å². The summed E-state index contributed by atoms with van der Waals surface area (Å²) >= 11 is 0. The minimum atomic E-state index is 0.956. The molecule has 0 unspecified atom stereocenters. The van der Waals surface area contributed by atoms with E-state index in [0.717, 1.165) is 23.7 Å². The molecule has 0 amide bonds. The van der Waals surface area contributed by atoms with Crippen molar-refractivity contribution in [3.8, 4) is 0 Å². The highest BCUT2D eigenvalue weighted by Gasteiger charge is 2.24. The predicted molar refractivity (Wildman–Crippen MR) is 126 cm³/mol. The molecular weight excluding hydrogens is 350 g/mol. The van der Waals surface area contributed by atoms with Gasteiger partial charge in [-0.15, -0.1) is 0 Å². The van der Waals surface area contributed by atoms with Gasteiger partial charge in [-0.3, -0.25) is 4.98 Å². The molecule has 1 heteroatoms. The molecular formula is C28H47N. The lowest BCUT2D eigenvalue weighted by Crippen LogP contribution is -2.18. The normalized spacial score (nSPS) is 27.8. The van der Waals surface area contributed by atoms with Crippen molar-refractivity contribution < 1.29 is 0 Å². The Morgan fingerprint density at radius 2 is 1.28 bits per heavy atom. The van der Waals surface area contributed by atoms with Gasteiger partial charge in [0.25, 0.3) is 0 Å². The van der Waals surface area contributed by atoms with Crippen molar-refractivity contribution in [1.82, 2.24) is 4.98 Å². The van der Waals surface area contributed by atoms with Gasteiger partial charge in [-0.05, 0) is 61.0 Å². The third-order valence-corrected chi connectivity index (χ3v) is 8.26. The van der Waals surface area contributed by atoms with Crippen LogP contribution in [-0.2, 0) is 12.8 Å². The highest BCUT2D eigenvalue weighted by atomic mass is 14.7. The van der Waals surface area contributed by atoms with Crippen LogP contribution in [0.5, 0.6) is 0 Å². The number of aryl methyl sites for hydroxylation is 2. The van der Waals surface area contributed by atoms with E-state index in [9.17, 15) is 0 Å². The van der Waals surface area contributed by atoms with E-state index in [2.05, 4.69) is 32.2 Å². The number of pyridine rings is 1. The summed E-state index contributed by atoms with van der Waals surface area (Å²) in [7, 11) is 0. The summed E-state index contributed by atoms with van der Waals surface area (Å²) in [5, 5.41) is 0. The summed E-state index contributed by atoms with van der Waals surface area (Å²) in [6, 6.07) is 4.61. The van der Waals surface area contributed by atoms with Gasteiger partial charge in [-0.25, -0.2) is 0 Å². The maximum Gasteiger partial charge on any atom is 0.0403 e. The standard InChI is InChI=1S/C28H47N/c1-3-5-6-7-27-19-21-28(29-22-27)20-18-26-16-14-25(15-17-26)13-12-24-10-8-23(4-2)9-11-24/h19,21-26H,3-18,20H2,1-2H3. The minimum Gasteiger partial charge on any atom is -0.261 e. The SMILES string of the molecule is CCCCCc1ccc(CCC2CCC(CCC3CCC(CC)CC3)CC2)nc1. The van der Waals surface area contributed by atoms with Crippen molar-refractivity contribution in [3.63, 3.8) is 0 Å². The molecule has 2 aliphatic rings. The van der Waals surface area contributed by atoms with Crippen LogP contribution in [0, 0.1) is 23.7 Å². The van der Waals surface area contributed by atoms with Crippen molar-refractivity contribution in [3.05, 3.63) is 29.6 Å². The molecule has 0 radical (unpaired) electrons. The maximum absolute atomic E-state index is 4.75. The van der Waals surface area contributed by atoms with E-state index in [1.807, 2.05) is 0 Å². The Morgan fingerprint density at radius 3 is 1.79 bits per heavy atom. The third-order valence-electron chi connectivity index (χ3n) is 8.26. The summed E-state index contributed by atoms with van der Waals surface area (Å²) in [4.78, 5) is 4.75. The van der Waals surface area contributed by atoms with E-state index >= 15 is 0 Å². The predicted octanol–water partition coefficient (Wildman–Crippen LogP) is 8.55. The molecule has 2 aliphatic carbocycles. The van der Waals surface area contributed by atoms with Crippen LogP contribution in [0.4, 0.5) is 0 Å². The third kappa shape index (κ3) is 8.06. The van der Waals surface area contributed by atoms with Gasteiger partial charge in [-0.1, -0.05) is 103 Å². The maximum atomic E-state index is 4.75. The second-order valence-electron chi connectivity index (χ2n) is 10.4. The first-order valence-electron chi connectivity index (χ1n) is 13.2. The number of hydrogen-bond donors (Lipinski definition) is 0. The zero-order chi connectivity index (χ0) is 20.3. The van der Waals surface area contributed by atoms with Crippen molar-refractivity contribution >= 4 is 0 Å². The summed E-state index contributed by atoms with van der Waals surface area (Å²) in [5.74, 6) is 4.10. The number of rotatable bonds is 11. The second kappa shape index (κ2) is 12.8. The van der Waals surface area contributed by atoms with Gasteiger partial charge < -0.3 is 0 Å². The van der Waals surface area contributed by atoms with Crippen LogP contribution in [0.15, 0.2) is 18.3 Å². The molecule has 1 heterocycles. The van der Waals surface area contributed by atoms with Crippen molar-refractivity contribution in [2.24, 2.45) is 23.7 Å². The van der Waals surface area contributed by atoms with Crippen molar-refractivity contribution in [1.29, 1.82) is 0 Å². The fourth-order valence-corrected chi connectivity index (χ4v) is 5.89.